The summed E-state index contributed by atoms with van der Waals surface area (Å²) in [4.78, 5) is 3.98. The molecule has 21 heavy (non-hydrogen) atoms. The number of nitrogens with zero attached hydrogens (tertiary/aromatic N) is 3. The molecule has 0 saturated carbocycles. The van der Waals surface area contributed by atoms with Gasteiger partial charge in [0.2, 0.25) is 0 Å². The van der Waals surface area contributed by atoms with Gasteiger partial charge < -0.3 is 10.1 Å². The molecule has 5 nitrogen and oxygen atoms in total. The van der Waals surface area contributed by atoms with Crippen LogP contribution in [0.4, 0.5) is 5.69 Å². The molecule has 6 heteroatoms. The molecule has 0 aliphatic heterocycles. The van der Waals surface area contributed by atoms with Crippen molar-refractivity contribution in [3.63, 3.8) is 0 Å². The molecule has 1 N–H and O–H groups in total. The second kappa shape index (κ2) is 6.45. The van der Waals surface area contributed by atoms with Crippen molar-refractivity contribution < 1.29 is 4.74 Å². The van der Waals surface area contributed by atoms with Gasteiger partial charge in [-0.2, -0.15) is 5.10 Å². The Morgan fingerprint density at radius 3 is 2.81 bits per heavy atom. The average Bonchev–Trinajstić information content (AvgIpc) is 2.91. The minimum atomic E-state index is -0.182. The predicted molar refractivity (Wildman–Crippen MR) is 85.2 cm³/mol. The Hall–Kier alpha value is -1.59. The summed E-state index contributed by atoms with van der Waals surface area (Å²) in [5.74, 6) is 0. The second-order valence-corrected chi connectivity index (χ2v) is 6.10. The van der Waals surface area contributed by atoms with E-state index < -0.39 is 0 Å². The second-order valence-electron chi connectivity index (χ2n) is 5.69. The summed E-state index contributed by atoms with van der Waals surface area (Å²) >= 11 is 6.31. The van der Waals surface area contributed by atoms with E-state index in [1.165, 1.54) is 6.33 Å². The van der Waals surface area contributed by atoms with Crippen LogP contribution in [0.5, 0.6) is 0 Å². The molecular formula is C15H21ClN4O. The van der Waals surface area contributed by atoms with Crippen LogP contribution in [0.1, 0.15) is 27.2 Å². The van der Waals surface area contributed by atoms with E-state index in [1.807, 2.05) is 18.2 Å². The standard InChI is InChI=1S/C15H21ClN4O/c1-11(8-15(2,3)21-4)19-13-7-5-6-12(16)14(13)20-10-17-9-18-20/h5-7,9-11,19H,8H2,1-4H3. The van der Waals surface area contributed by atoms with E-state index in [0.717, 1.165) is 17.8 Å². The molecule has 0 radical (unpaired) electrons. The Kier molecular flexibility index (Phi) is 4.85. The first-order chi connectivity index (χ1) is 9.93. The SMILES string of the molecule is COC(C)(C)CC(C)Nc1cccc(Cl)c1-n1cncn1. The molecule has 0 saturated heterocycles. The van der Waals surface area contributed by atoms with Crippen LogP contribution in [0.15, 0.2) is 30.9 Å². The summed E-state index contributed by atoms with van der Waals surface area (Å²) in [5, 5.41) is 8.27. The minimum absolute atomic E-state index is 0.182. The lowest BCUT2D eigenvalue weighted by atomic mass is 9.99. The number of hydrogen-bond donors (Lipinski definition) is 1. The fourth-order valence-electron chi connectivity index (χ4n) is 2.33. The molecule has 2 aromatic rings. The lowest BCUT2D eigenvalue weighted by Gasteiger charge is -2.28. The van der Waals surface area contributed by atoms with Crippen molar-refractivity contribution in [1.82, 2.24) is 14.8 Å². The van der Waals surface area contributed by atoms with E-state index in [9.17, 15) is 0 Å². The Bertz CT molecular complexity index is 583. The summed E-state index contributed by atoms with van der Waals surface area (Å²) < 4.78 is 7.14. The van der Waals surface area contributed by atoms with Crippen LogP contribution < -0.4 is 5.32 Å². The van der Waals surface area contributed by atoms with Crippen LogP contribution in [-0.2, 0) is 4.74 Å². The first-order valence-corrected chi connectivity index (χ1v) is 7.26. The topological polar surface area (TPSA) is 52.0 Å². The zero-order valence-corrected chi connectivity index (χ0v) is 13.6. The highest BCUT2D eigenvalue weighted by Crippen LogP contribution is 2.29. The monoisotopic (exact) mass is 308 g/mol. The van der Waals surface area contributed by atoms with Gasteiger partial charge in [0, 0.05) is 13.2 Å². The van der Waals surface area contributed by atoms with E-state index >= 15 is 0 Å². The molecule has 0 fully saturated rings. The molecule has 0 aliphatic carbocycles. The zero-order valence-electron chi connectivity index (χ0n) is 12.8. The number of rotatable bonds is 6. The fraction of sp³-hybridized carbons (Fsp3) is 0.467. The number of ether oxygens (including phenoxy) is 1. The maximum absolute atomic E-state index is 6.31. The molecule has 1 atom stereocenters. The Balaban J connectivity index is 2.23. The quantitative estimate of drug-likeness (QED) is 0.887. The van der Waals surface area contributed by atoms with E-state index in [2.05, 4.69) is 36.2 Å². The molecule has 114 valence electrons. The number of aromatic nitrogens is 3. The zero-order chi connectivity index (χ0) is 15.5. The summed E-state index contributed by atoms with van der Waals surface area (Å²) in [6, 6.07) is 5.96. The van der Waals surface area contributed by atoms with Crippen molar-refractivity contribution in [2.75, 3.05) is 12.4 Å². The van der Waals surface area contributed by atoms with Gasteiger partial charge in [0.25, 0.3) is 0 Å². The van der Waals surface area contributed by atoms with Crippen molar-refractivity contribution >= 4 is 17.3 Å². The molecule has 2 rings (SSSR count). The Morgan fingerprint density at radius 1 is 1.43 bits per heavy atom. The third-order valence-corrected chi connectivity index (χ3v) is 3.69. The molecule has 0 amide bonds. The maximum Gasteiger partial charge on any atom is 0.138 e. The molecule has 1 unspecified atom stereocenters. The average molecular weight is 309 g/mol. The highest BCUT2D eigenvalue weighted by Gasteiger charge is 2.21. The van der Waals surface area contributed by atoms with Gasteiger partial charge in [-0.05, 0) is 39.3 Å². The van der Waals surface area contributed by atoms with Gasteiger partial charge >= 0.3 is 0 Å². The van der Waals surface area contributed by atoms with Crippen LogP contribution in [0.25, 0.3) is 5.69 Å². The molecular weight excluding hydrogens is 288 g/mol. The normalized spacial score (nSPS) is 13.2. The van der Waals surface area contributed by atoms with Gasteiger partial charge in [0.05, 0.1) is 16.3 Å². The van der Waals surface area contributed by atoms with Gasteiger partial charge in [-0.15, -0.1) is 0 Å². The van der Waals surface area contributed by atoms with E-state index in [1.54, 1.807) is 18.1 Å². The lowest BCUT2D eigenvalue weighted by molar-refractivity contribution is 0.0128. The van der Waals surface area contributed by atoms with E-state index in [-0.39, 0.29) is 11.6 Å². The van der Waals surface area contributed by atoms with Crippen molar-refractivity contribution in [3.8, 4) is 5.69 Å². The van der Waals surface area contributed by atoms with Gasteiger partial charge in [-0.3, -0.25) is 0 Å². The van der Waals surface area contributed by atoms with Crippen LogP contribution >= 0.6 is 11.6 Å². The van der Waals surface area contributed by atoms with Crippen LogP contribution in [0.2, 0.25) is 5.02 Å². The number of hydrogen-bond acceptors (Lipinski definition) is 4. The third kappa shape index (κ3) is 3.95. The third-order valence-electron chi connectivity index (χ3n) is 3.39. The van der Waals surface area contributed by atoms with Crippen LogP contribution in [-0.4, -0.2) is 33.5 Å². The van der Waals surface area contributed by atoms with Crippen molar-refractivity contribution in [1.29, 1.82) is 0 Å². The summed E-state index contributed by atoms with van der Waals surface area (Å²) in [7, 11) is 1.73. The largest absolute Gasteiger partial charge is 0.381 e. The lowest BCUT2D eigenvalue weighted by Crippen LogP contribution is -2.31. The molecule has 1 heterocycles. The summed E-state index contributed by atoms with van der Waals surface area (Å²) in [5.41, 5.74) is 1.55. The highest BCUT2D eigenvalue weighted by atomic mass is 35.5. The van der Waals surface area contributed by atoms with E-state index in [0.29, 0.717) is 5.02 Å². The fourth-order valence-corrected chi connectivity index (χ4v) is 2.59. The van der Waals surface area contributed by atoms with Crippen molar-refractivity contribution in [2.45, 2.75) is 38.8 Å². The van der Waals surface area contributed by atoms with Gasteiger partial charge in [0.1, 0.15) is 18.3 Å². The van der Waals surface area contributed by atoms with E-state index in [4.69, 9.17) is 16.3 Å². The highest BCUT2D eigenvalue weighted by molar-refractivity contribution is 6.33. The Morgan fingerprint density at radius 2 is 2.19 bits per heavy atom. The number of nitrogens with one attached hydrogen (secondary N) is 1. The Labute approximate surface area is 130 Å². The first kappa shape index (κ1) is 15.8. The number of methoxy groups -OCH3 is 1. The maximum atomic E-state index is 6.31. The summed E-state index contributed by atoms with van der Waals surface area (Å²) in [6.45, 7) is 6.26. The van der Waals surface area contributed by atoms with Gasteiger partial charge in [-0.25, -0.2) is 9.67 Å². The smallest absolute Gasteiger partial charge is 0.138 e. The van der Waals surface area contributed by atoms with Crippen LogP contribution in [0, 0.1) is 0 Å². The van der Waals surface area contributed by atoms with Crippen LogP contribution in [0.3, 0.4) is 0 Å². The molecule has 1 aromatic carbocycles. The number of anilines is 1. The molecule has 0 spiro atoms. The van der Waals surface area contributed by atoms with Gasteiger partial charge in [0.15, 0.2) is 0 Å². The predicted octanol–water partition coefficient (Wildman–Crippen LogP) is 3.54. The van der Waals surface area contributed by atoms with Crippen molar-refractivity contribution in [3.05, 3.63) is 35.9 Å². The number of para-hydroxylation sites is 1. The van der Waals surface area contributed by atoms with Crippen molar-refractivity contribution in [2.24, 2.45) is 0 Å². The first-order valence-electron chi connectivity index (χ1n) is 6.88. The summed E-state index contributed by atoms with van der Waals surface area (Å²) in [6.07, 6.45) is 3.99. The van der Waals surface area contributed by atoms with Gasteiger partial charge in [-0.1, -0.05) is 17.7 Å². The molecule has 0 bridgehead atoms. The molecule has 0 aliphatic rings. The number of halogens is 1. The number of benzene rings is 1. The molecule has 1 aromatic heterocycles. The minimum Gasteiger partial charge on any atom is -0.381 e.